The maximum atomic E-state index is 14.0. The number of ketones is 1. The van der Waals surface area contributed by atoms with Gasteiger partial charge >= 0.3 is 17.9 Å². The molecule has 4 saturated carbocycles. The summed E-state index contributed by atoms with van der Waals surface area (Å²) in [6, 6.07) is 0. The maximum absolute atomic E-state index is 14.0. The van der Waals surface area contributed by atoms with Crippen LogP contribution in [0.5, 0.6) is 0 Å². The molecule has 4 rings (SSSR count). The molecule has 208 valence electrons. The van der Waals surface area contributed by atoms with Crippen LogP contribution in [0.2, 0.25) is 0 Å². The third-order valence-corrected chi connectivity index (χ3v) is 12.2. The summed E-state index contributed by atoms with van der Waals surface area (Å²) >= 11 is 5.74. The molecule has 4 fully saturated rings. The van der Waals surface area contributed by atoms with Crippen LogP contribution in [-0.2, 0) is 28.7 Å². The highest BCUT2D eigenvalue weighted by molar-refractivity contribution is 6.26. The van der Waals surface area contributed by atoms with Crippen molar-refractivity contribution in [3.8, 4) is 0 Å². The normalized spacial score (nSPS) is 44.6. The van der Waals surface area contributed by atoms with Gasteiger partial charge in [0, 0.05) is 18.3 Å². The summed E-state index contributed by atoms with van der Waals surface area (Å²) in [5.41, 5.74) is -2.29. The first-order valence-electron chi connectivity index (χ1n) is 13.8. The van der Waals surface area contributed by atoms with Crippen LogP contribution in [0.3, 0.4) is 0 Å². The molecule has 0 aromatic rings. The summed E-state index contributed by atoms with van der Waals surface area (Å²) < 4.78 is 10.9. The number of carbonyl (C=O) groups is 4. The fourth-order valence-corrected chi connectivity index (χ4v) is 9.83. The first kappa shape index (κ1) is 28.4. The number of carboxylic acid groups (broad SMARTS) is 1. The summed E-state index contributed by atoms with van der Waals surface area (Å²) in [6.07, 6.45) is 5.80. The van der Waals surface area contributed by atoms with Crippen LogP contribution in [0.4, 0.5) is 0 Å². The van der Waals surface area contributed by atoms with Crippen molar-refractivity contribution in [1.29, 1.82) is 0 Å². The van der Waals surface area contributed by atoms with Crippen molar-refractivity contribution in [3.05, 3.63) is 0 Å². The first-order valence-corrected chi connectivity index (χ1v) is 14.3. The zero-order chi connectivity index (χ0) is 27.6. The van der Waals surface area contributed by atoms with Gasteiger partial charge < -0.3 is 14.6 Å². The smallest absolute Gasteiger partial charge is 0.321 e. The van der Waals surface area contributed by atoms with Crippen LogP contribution in [0.25, 0.3) is 0 Å². The highest BCUT2D eigenvalue weighted by atomic mass is 35.5. The van der Waals surface area contributed by atoms with Gasteiger partial charge in [0.05, 0.1) is 0 Å². The van der Waals surface area contributed by atoms with Gasteiger partial charge in [-0.15, -0.1) is 11.6 Å². The van der Waals surface area contributed by atoms with E-state index in [9.17, 15) is 24.3 Å². The first-order chi connectivity index (χ1) is 17.1. The number of Topliss-reactive ketones (excluding diaryl/α,β-unsaturated/α-hetero) is 1. The second-order valence-corrected chi connectivity index (χ2v) is 13.9. The maximum Gasteiger partial charge on any atom is 0.321 e. The van der Waals surface area contributed by atoms with Crippen molar-refractivity contribution in [1.82, 2.24) is 0 Å². The lowest BCUT2D eigenvalue weighted by Gasteiger charge is -2.71. The monoisotopic (exact) mass is 538 g/mol. The second kappa shape index (κ2) is 9.24. The fraction of sp³-hybridized carbons (Fsp3) is 0.862. The Morgan fingerprint density at radius 1 is 0.919 bits per heavy atom. The van der Waals surface area contributed by atoms with Gasteiger partial charge in [-0.05, 0) is 79.4 Å². The van der Waals surface area contributed by atoms with Crippen LogP contribution in [0.1, 0.15) is 92.9 Å². The van der Waals surface area contributed by atoms with E-state index in [1.807, 2.05) is 0 Å². The van der Waals surface area contributed by atoms with Crippen molar-refractivity contribution in [2.24, 2.45) is 44.8 Å². The quantitative estimate of drug-likeness (QED) is 0.283. The average molecular weight is 539 g/mol. The van der Waals surface area contributed by atoms with Gasteiger partial charge in [-0.3, -0.25) is 19.2 Å². The number of carbonyl (C=O) groups excluding carboxylic acids is 3. The number of halogens is 1. The summed E-state index contributed by atoms with van der Waals surface area (Å²) in [5, 5.41) is 10.1. The van der Waals surface area contributed by atoms with Gasteiger partial charge in [-0.1, -0.05) is 34.6 Å². The molecular weight excluding hydrogens is 496 g/mol. The fourth-order valence-electron chi connectivity index (χ4n) is 9.76. The lowest BCUT2D eigenvalue weighted by molar-refractivity contribution is -0.237. The Kier molecular flexibility index (Phi) is 7.08. The van der Waals surface area contributed by atoms with Crippen LogP contribution in [-0.4, -0.2) is 47.4 Å². The summed E-state index contributed by atoms with van der Waals surface area (Å²) in [6.45, 7) is 12.2. The lowest BCUT2D eigenvalue weighted by Crippen LogP contribution is -2.68. The van der Waals surface area contributed by atoms with Crippen molar-refractivity contribution in [2.75, 3.05) is 12.5 Å². The Morgan fingerprint density at radius 2 is 1.59 bits per heavy atom. The minimum atomic E-state index is -1.66. The standard InChI is InChI=1S/C29H43ClO7/c1-17(31)36-16-29(24(34)35)14-13-27(5)18(23(29)33)7-8-20-26(4)11-10-21(37-22(32)15-30)25(2,3)19(26)9-12-28(20,27)6/h18-21H,7-16H2,1-6H3,(H,34,35)/t18?,19?,20?,21-,26-,27+,28+,29-/m0/s1. The van der Waals surface area contributed by atoms with Gasteiger partial charge in [0.2, 0.25) is 0 Å². The molecule has 0 saturated heterocycles. The molecule has 0 heterocycles. The van der Waals surface area contributed by atoms with Crippen molar-refractivity contribution in [2.45, 2.75) is 99.0 Å². The van der Waals surface area contributed by atoms with E-state index in [0.717, 1.165) is 32.1 Å². The van der Waals surface area contributed by atoms with E-state index >= 15 is 0 Å². The molecule has 3 unspecified atom stereocenters. The average Bonchev–Trinajstić information content (AvgIpc) is 2.81. The SMILES string of the molecule is CC(=O)OC[C@@]1(C(=O)O)CC[C@]2(C)C(CCC3[C@@]4(C)CC[C@H](OC(=O)CCl)C(C)(C)C4CC[C@]32C)C1=O. The number of hydrogen-bond acceptors (Lipinski definition) is 6. The van der Waals surface area contributed by atoms with Crippen LogP contribution >= 0.6 is 11.6 Å². The number of fused-ring (bicyclic) bond motifs is 5. The molecule has 0 bridgehead atoms. The molecule has 37 heavy (non-hydrogen) atoms. The Labute approximate surface area is 225 Å². The van der Waals surface area contributed by atoms with Crippen LogP contribution in [0, 0.1) is 44.8 Å². The molecule has 4 aliphatic rings. The number of rotatable bonds is 5. The zero-order valence-electron chi connectivity index (χ0n) is 23.2. The molecule has 0 aromatic heterocycles. The zero-order valence-corrected chi connectivity index (χ0v) is 23.9. The number of esters is 2. The number of alkyl halides is 1. The Hall–Kier alpha value is -1.63. The third kappa shape index (κ3) is 3.96. The molecule has 4 aliphatic carbocycles. The molecule has 0 amide bonds. The predicted octanol–water partition coefficient (Wildman–Crippen LogP) is 5.41. The van der Waals surface area contributed by atoms with Gasteiger partial charge in [0.15, 0.2) is 11.2 Å². The van der Waals surface area contributed by atoms with Crippen molar-refractivity contribution >= 4 is 35.3 Å². The topological polar surface area (TPSA) is 107 Å². The van der Waals surface area contributed by atoms with Gasteiger partial charge in [-0.2, -0.15) is 0 Å². The van der Waals surface area contributed by atoms with E-state index in [1.165, 1.54) is 6.92 Å². The second-order valence-electron chi connectivity index (χ2n) is 13.6. The summed E-state index contributed by atoms with van der Waals surface area (Å²) in [7, 11) is 0. The minimum Gasteiger partial charge on any atom is -0.480 e. The molecular formula is C29H43ClO7. The highest BCUT2D eigenvalue weighted by Gasteiger charge is 2.71. The van der Waals surface area contributed by atoms with Gasteiger partial charge in [-0.25, -0.2) is 0 Å². The molecule has 0 aromatic carbocycles. The molecule has 8 atom stereocenters. The molecule has 0 aliphatic heterocycles. The van der Waals surface area contributed by atoms with Crippen LogP contribution < -0.4 is 0 Å². The number of hydrogen-bond donors (Lipinski definition) is 1. The lowest BCUT2D eigenvalue weighted by atomic mass is 9.33. The largest absolute Gasteiger partial charge is 0.480 e. The number of carboxylic acids is 1. The van der Waals surface area contributed by atoms with Crippen molar-refractivity contribution in [3.63, 3.8) is 0 Å². The molecule has 8 heteroatoms. The Balaban J connectivity index is 1.65. The predicted molar refractivity (Wildman–Crippen MR) is 138 cm³/mol. The van der Waals surface area contributed by atoms with E-state index < -0.39 is 17.4 Å². The minimum absolute atomic E-state index is 0.0243. The third-order valence-electron chi connectivity index (χ3n) is 12.0. The molecule has 7 nitrogen and oxygen atoms in total. The number of aliphatic carboxylic acids is 1. The van der Waals surface area contributed by atoms with E-state index in [2.05, 4.69) is 34.6 Å². The Morgan fingerprint density at radius 3 is 2.19 bits per heavy atom. The summed E-state index contributed by atoms with van der Waals surface area (Å²) in [5.74, 6) is -2.16. The number of ether oxygens (including phenoxy) is 2. The van der Waals surface area contributed by atoms with Gasteiger partial charge in [0.1, 0.15) is 18.6 Å². The van der Waals surface area contributed by atoms with E-state index in [4.69, 9.17) is 21.1 Å². The Bertz CT molecular complexity index is 993. The molecule has 1 N–H and O–H groups in total. The van der Waals surface area contributed by atoms with E-state index in [1.54, 1.807) is 0 Å². The van der Waals surface area contributed by atoms with Gasteiger partial charge in [0.25, 0.3) is 0 Å². The van der Waals surface area contributed by atoms with E-state index in [-0.39, 0.29) is 64.3 Å². The van der Waals surface area contributed by atoms with E-state index in [0.29, 0.717) is 24.7 Å². The van der Waals surface area contributed by atoms with Crippen molar-refractivity contribution < 1.29 is 33.8 Å². The molecule has 0 spiro atoms. The van der Waals surface area contributed by atoms with Crippen LogP contribution in [0.15, 0.2) is 0 Å². The highest BCUT2D eigenvalue weighted by Crippen LogP contribution is 2.74. The molecule has 0 radical (unpaired) electrons. The summed E-state index contributed by atoms with van der Waals surface area (Å²) in [4.78, 5) is 49.9.